The Morgan fingerprint density at radius 1 is 1.09 bits per heavy atom. The van der Waals surface area contributed by atoms with Crippen molar-refractivity contribution in [2.75, 3.05) is 13.1 Å². The van der Waals surface area contributed by atoms with Gasteiger partial charge in [0.2, 0.25) is 5.91 Å². The molecule has 0 radical (unpaired) electrons. The second-order valence-corrected chi connectivity index (χ2v) is 6.83. The molecular weight excluding hydrogens is 290 g/mol. The molecule has 0 bridgehead atoms. The van der Waals surface area contributed by atoms with Crippen LogP contribution >= 0.6 is 0 Å². The SMILES string of the molecule is Cc1ccc(C)c(OC(=O)C2CCN(C(=O)C(C)C)CC2)c1C. The van der Waals surface area contributed by atoms with Crippen molar-refractivity contribution in [3.63, 3.8) is 0 Å². The first-order valence-corrected chi connectivity index (χ1v) is 8.38. The number of carbonyl (C=O) groups excluding carboxylic acids is 2. The molecule has 0 saturated carbocycles. The third-order valence-corrected chi connectivity index (χ3v) is 4.71. The van der Waals surface area contributed by atoms with Gasteiger partial charge in [-0.15, -0.1) is 0 Å². The van der Waals surface area contributed by atoms with Gasteiger partial charge in [0.25, 0.3) is 0 Å². The Kier molecular flexibility index (Phi) is 5.45. The molecule has 1 saturated heterocycles. The number of hydrogen-bond donors (Lipinski definition) is 0. The van der Waals surface area contributed by atoms with Crippen LogP contribution in [0.5, 0.6) is 5.75 Å². The Balaban J connectivity index is 1.99. The number of ether oxygens (including phenoxy) is 1. The first-order valence-electron chi connectivity index (χ1n) is 8.38. The molecule has 0 aromatic heterocycles. The summed E-state index contributed by atoms with van der Waals surface area (Å²) < 4.78 is 5.70. The third kappa shape index (κ3) is 3.92. The molecule has 126 valence electrons. The van der Waals surface area contributed by atoms with Gasteiger partial charge in [-0.2, -0.15) is 0 Å². The predicted molar refractivity (Wildman–Crippen MR) is 90.4 cm³/mol. The van der Waals surface area contributed by atoms with Gasteiger partial charge in [-0.05, 0) is 50.3 Å². The number of hydrogen-bond acceptors (Lipinski definition) is 3. The standard InChI is InChI=1S/C19H27NO3/c1-12(2)18(21)20-10-8-16(9-11-20)19(22)23-17-14(4)7-6-13(3)15(17)5/h6-7,12,16H,8-11H2,1-5H3. The smallest absolute Gasteiger partial charge is 0.314 e. The highest BCUT2D eigenvalue weighted by atomic mass is 16.5. The number of piperidine rings is 1. The number of amides is 1. The maximum Gasteiger partial charge on any atom is 0.314 e. The van der Waals surface area contributed by atoms with Crippen LogP contribution in [0.4, 0.5) is 0 Å². The lowest BCUT2D eigenvalue weighted by Gasteiger charge is -2.32. The lowest BCUT2D eigenvalue weighted by molar-refractivity contribution is -0.144. The largest absolute Gasteiger partial charge is 0.426 e. The number of esters is 1. The summed E-state index contributed by atoms with van der Waals surface area (Å²) in [5.41, 5.74) is 3.12. The van der Waals surface area contributed by atoms with Gasteiger partial charge in [0.05, 0.1) is 5.92 Å². The summed E-state index contributed by atoms with van der Waals surface area (Å²) in [6.45, 7) is 11.1. The quantitative estimate of drug-likeness (QED) is 0.634. The fraction of sp³-hybridized carbons (Fsp3) is 0.579. The second-order valence-electron chi connectivity index (χ2n) is 6.83. The molecule has 4 nitrogen and oxygen atoms in total. The van der Waals surface area contributed by atoms with E-state index in [9.17, 15) is 9.59 Å². The van der Waals surface area contributed by atoms with Gasteiger partial charge in [0.15, 0.2) is 0 Å². The van der Waals surface area contributed by atoms with Crippen LogP contribution in [0.25, 0.3) is 0 Å². The number of carbonyl (C=O) groups is 2. The molecule has 1 heterocycles. The highest BCUT2D eigenvalue weighted by Crippen LogP contribution is 2.28. The summed E-state index contributed by atoms with van der Waals surface area (Å²) in [6, 6.07) is 4.02. The topological polar surface area (TPSA) is 46.6 Å². The van der Waals surface area contributed by atoms with Crippen LogP contribution in [0.2, 0.25) is 0 Å². The Bertz CT molecular complexity index is 599. The van der Waals surface area contributed by atoms with E-state index in [2.05, 4.69) is 0 Å². The summed E-state index contributed by atoms with van der Waals surface area (Å²) in [7, 11) is 0. The maximum absolute atomic E-state index is 12.5. The number of aryl methyl sites for hydroxylation is 2. The Labute approximate surface area is 138 Å². The minimum absolute atomic E-state index is 0.0103. The molecule has 1 aliphatic rings. The van der Waals surface area contributed by atoms with Crippen molar-refractivity contribution in [3.05, 3.63) is 28.8 Å². The second kappa shape index (κ2) is 7.16. The van der Waals surface area contributed by atoms with Crippen molar-refractivity contribution >= 4 is 11.9 Å². The summed E-state index contributed by atoms with van der Waals surface area (Å²) in [5.74, 6) is 0.581. The van der Waals surface area contributed by atoms with Gasteiger partial charge < -0.3 is 9.64 Å². The molecule has 1 aromatic rings. The molecule has 0 aliphatic carbocycles. The first kappa shape index (κ1) is 17.5. The van der Waals surface area contributed by atoms with Crippen molar-refractivity contribution < 1.29 is 14.3 Å². The van der Waals surface area contributed by atoms with Crippen molar-refractivity contribution in [1.82, 2.24) is 4.90 Å². The molecule has 2 rings (SSSR count). The number of rotatable bonds is 3. The van der Waals surface area contributed by atoms with Crippen LogP contribution in [-0.2, 0) is 9.59 Å². The van der Waals surface area contributed by atoms with Crippen molar-refractivity contribution in [3.8, 4) is 5.75 Å². The van der Waals surface area contributed by atoms with Gasteiger partial charge in [0.1, 0.15) is 5.75 Å². The zero-order valence-electron chi connectivity index (χ0n) is 14.8. The summed E-state index contributed by atoms with van der Waals surface area (Å²) in [4.78, 5) is 26.3. The van der Waals surface area contributed by atoms with Gasteiger partial charge in [-0.25, -0.2) is 0 Å². The van der Waals surface area contributed by atoms with Gasteiger partial charge in [0, 0.05) is 19.0 Å². The average molecular weight is 317 g/mol. The normalized spacial score (nSPS) is 15.8. The summed E-state index contributed by atoms with van der Waals surface area (Å²) in [5, 5.41) is 0. The fourth-order valence-electron chi connectivity index (χ4n) is 2.97. The molecule has 4 heteroatoms. The highest BCUT2D eigenvalue weighted by molar-refractivity contribution is 5.79. The van der Waals surface area contributed by atoms with E-state index in [0.29, 0.717) is 31.7 Å². The predicted octanol–water partition coefficient (Wildman–Crippen LogP) is 3.41. The van der Waals surface area contributed by atoms with Crippen molar-refractivity contribution in [2.24, 2.45) is 11.8 Å². The Morgan fingerprint density at radius 3 is 2.22 bits per heavy atom. The van der Waals surface area contributed by atoms with Crippen molar-refractivity contribution in [1.29, 1.82) is 0 Å². The van der Waals surface area contributed by atoms with Crippen LogP contribution in [-0.4, -0.2) is 29.9 Å². The summed E-state index contributed by atoms with van der Waals surface area (Å²) >= 11 is 0. The maximum atomic E-state index is 12.5. The van der Waals surface area contributed by atoms with Crippen LogP contribution in [0.3, 0.4) is 0 Å². The number of benzene rings is 1. The van der Waals surface area contributed by atoms with E-state index in [1.165, 1.54) is 0 Å². The van der Waals surface area contributed by atoms with E-state index in [4.69, 9.17) is 4.74 Å². The molecule has 0 atom stereocenters. The van der Waals surface area contributed by atoms with Gasteiger partial charge in [-0.1, -0.05) is 26.0 Å². The zero-order valence-corrected chi connectivity index (χ0v) is 14.8. The molecule has 1 fully saturated rings. The van der Waals surface area contributed by atoms with E-state index < -0.39 is 0 Å². The van der Waals surface area contributed by atoms with Crippen LogP contribution in [0, 0.1) is 32.6 Å². The lowest BCUT2D eigenvalue weighted by atomic mass is 9.96. The zero-order chi connectivity index (χ0) is 17.1. The summed E-state index contributed by atoms with van der Waals surface area (Å²) in [6.07, 6.45) is 1.36. The van der Waals surface area contributed by atoms with Gasteiger partial charge >= 0.3 is 5.97 Å². The number of nitrogens with zero attached hydrogens (tertiary/aromatic N) is 1. The fourth-order valence-corrected chi connectivity index (χ4v) is 2.97. The molecule has 0 spiro atoms. The van der Waals surface area contributed by atoms with E-state index >= 15 is 0 Å². The van der Waals surface area contributed by atoms with Gasteiger partial charge in [-0.3, -0.25) is 9.59 Å². The van der Waals surface area contributed by atoms with E-state index in [1.807, 2.05) is 51.7 Å². The van der Waals surface area contributed by atoms with E-state index in [1.54, 1.807) is 0 Å². The van der Waals surface area contributed by atoms with Crippen LogP contribution in [0.15, 0.2) is 12.1 Å². The molecule has 1 amide bonds. The van der Waals surface area contributed by atoms with Crippen LogP contribution < -0.4 is 4.74 Å². The average Bonchev–Trinajstić information content (AvgIpc) is 2.54. The van der Waals surface area contributed by atoms with E-state index in [0.717, 1.165) is 16.7 Å². The van der Waals surface area contributed by atoms with E-state index in [-0.39, 0.29) is 23.7 Å². The number of likely N-dealkylation sites (tertiary alicyclic amines) is 1. The Hall–Kier alpha value is -1.84. The minimum atomic E-state index is -0.168. The molecule has 1 aromatic carbocycles. The third-order valence-electron chi connectivity index (χ3n) is 4.71. The molecule has 0 unspecified atom stereocenters. The molecule has 23 heavy (non-hydrogen) atoms. The lowest BCUT2D eigenvalue weighted by Crippen LogP contribution is -2.42. The highest BCUT2D eigenvalue weighted by Gasteiger charge is 2.29. The van der Waals surface area contributed by atoms with Crippen molar-refractivity contribution in [2.45, 2.75) is 47.5 Å². The molecule has 1 aliphatic heterocycles. The van der Waals surface area contributed by atoms with Crippen LogP contribution in [0.1, 0.15) is 43.4 Å². The molecule has 0 N–H and O–H groups in total. The Morgan fingerprint density at radius 2 is 1.65 bits per heavy atom. The molecular formula is C19H27NO3. The minimum Gasteiger partial charge on any atom is -0.426 e. The first-order chi connectivity index (χ1) is 10.8. The monoisotopic (exact) mass is 317 g/mol.